The molecule has 0 aliphatic heterocycles. The van der Waals surface area contributed by atoms with Crippen molar-refractivity contribution in [1.29, 1.82) is 0 Å². The lowest BCUT2D eigenvalue weighted by Crippen LogP contribution is -2.47. The molecule has 32 heavy (non-hydrogen) atoms. The first-order valence-electron chi connectivity index (χ1n) is 11.0. The second kappa shape index (κ2) is 11.3. The van der Waals surface area contributed by atoms with E-state index < -0.39 is 10.0 Å². The van der Waals surface area contributed by atoms with Crippen LogP contribution >= 0.6 is 0 Å². The first-order valence-corrected chi connectivity index (χ1v) is 12.4. The van der Waals surface area contributed by atoms with Crippen LogP contribution in [-0.4, -0.2) is 52.0 Å². The van der Waals surface area contributed by atoms with Crippen molar-refractivity contribution in [3.05, 3.63) is 54.1 Å². The molecule has 8 heteroatoms. The number of methoxy groups -OCH3 is 2. The summed E-state index contributed by atoms with van der Waals surface area (Å²) in [5, 5.41) is 2.88. The second-order valence-corrected chi connectivity index (χ2v) is 9.83. The molecule has 0 aromatic heterocycles. The molecule has 7 nitrogen and oxygen atoms in total. The fourth-order valence-electron chi connectivity index (χ4n) is 4.08. The predicted molar refractivity (Wildman–Crippen MR) is 123 cm³/mol. The summed E-state index contributed by atoms with van der Waals surface area (Å²) in [5.74, 6) is 0.495. The smallest absolute Gasteiger partial charge is 0.243 e. The van der Waals surface area contributed by atoms with Gasteiger partial charge in [-0.3, -0.25) is 4.79 Å². The monoisotopic (exact) mass is 460 g/mol. The molecule has 2 aromatic rings. The van der Waals surface area contributed by atoms with E-state index in [2.05, 4.69) is 5.32 Å². The van der Waals surface area contributed by atoms with Gasteiger partial charge in [-0.05, 0) is 37.0 Å². The molecule has 0 bridgehead atoms. The van der Waals surface area contributed by atoms with Gasteiger partial charge in [0.15, 0.2) is 11.5 Å². The van der Waals surface area contributed by atoms with Crippen LogP contribution in [0.1, 0.15) is 37.7 Å². The lowest BCUT2D eigenvalue weighted by atomic mass is 9.95. The van der Waals surface area contributed by atoms with Crippen LogP contribution in [0.15, 0.2) is 53.4 Å². The van der Waals surface area contributed by atoms with Crippen molar-refractivity contribution in [2.24, 2.45) is 0 Å². The molecule has 1 N–H and O–H groups in total. The van der Waals surface area contributed by atoms with E-state index in [-0.39, 0.29) is 23.4 Å². The third-order valence-corrected chi connectivity index (χ3v) is 7.72. The summed E-state index contributed by atoms with van der Waals surface area (Å²) in [7, 11) is -0.928. The summed E-state index contributed by atoms with van der Waals surface area (Å²) in [6.45, 7) is 0.258. The SMILES string of the molecule is COc1ccc(S(=O)(=O)N(CC(=O)NCCc2ccccc2)C2CCCCC2)cc1OC. The molecule has 1 aliphatic carbocycles. The van der Waals surface area contributed by atoms with Crippen LogP contribution in [0.25, 0.3) is 0 Å². The largest absolute Gasteiger partial charge is 0.493 e. The van der Waals surface area contributed by atoms with Crippen molar-refractivity contribution in [2.75, 3.05) is 27.3 Å². The summed E-state index contributed by atoms with van der Waals surface area (Å²) >= 11 is 0. The molecule has 1 amide bonds. The van der Waals surface area contributed by atoms with Crippen molar-refractivity contribution in [3.8, 4) is 11.5 Å². The topological polar surface area (TPSA) is 84.9 Å². The molecule has 0 saturated heterocycles. The predicted octanol–water partition coefficient (Wildman–Crippen LogP) is 3.39. The molecule has 1 fully saturated rings. The third kappa shape index (κ3) is 6.01. The fourth-order valence-corrected chi connectivity index (χ4v) is 5.74. The third-order valence-electron chi connectivity index (χ3n) is 5.82. The van der Waals surface area contributed by atoms with Gasteiger partial charge in [0.1, 0.15) is 0 Å². The Kier molecular flexibility index (Phi) is 8.53. The summed E-state index contributed by atoms with van der Waals surface area (Å²) in [5.41, 5.74) is 1.12. The molecule has 1 saturated carbocycles. The zero-order chi connectivity index (χ0) is 23.0. The highest BCUT2D eigenvalue weighted by atomic mass is 32.2. The molecule has 174 valence electrons. The van der Waals surface area contributed by atoms with Crippen molar-refractivity contribution in [2.45, 2.75) is 49.5 Å². The Bertz CT molecular complexity index is 989. The molecule has 0 unspecified atom stereocenters. The van der Waals surface area contributed by atoms with Crippen molar-refractivity contribution in [1.82, 2.24) is 9.62 Å². The highest BCUT2D eigenvalue weighted by Gasteiger charge is 2.34. The van der Waals surface area contributed by atoms with Crippen LogP contribution in [0.2, 0.25) is 0 Å². The van der Waals surface area contributed by atoms with Crippen molar-refractivity contribution in [3.63, 3.8) is 0 Å². The fraction of sp³-hybridized carbons (Fsp3) is 0.458. The van der Waals surface area contributed by atoms with Gasteiger partial charge >= 0.3 is 0 Å². The average molecular weight is 461 g/mol. The van der Waals surface area contributed by atoms with Gasteiger partial charge in [-0.2, -0.15) is 4.31 Å². The first kappa shape index (κ1) is 24.1. The van der Waals surface area contributed by atoms with Crippen LogP contribution < -0.4 is 14.8 Å². The Morgan fingerprint density at radius 2 is 1.69 bits per heavy atom. The first-order chi connectivity index (χ1) is 15.5. The van der Waals surface area contributed by atoms with Gasteiger partial charge in [-0.1, -0.05) is 49.6 Å². The van der Waals surface area contributed by atoms with Gasteiger partial charge in [0.25, 0.3) is 0 Å². The van der Waals surface area contributed by atoms with Crippen LogP contribution in [0, 0.1) is 0 Å². The number of hydrogen-bond donors (Lipinski definition) is 1. The summed E-state index contributed by atoms with van der Waals surface area (Å²) in [4.78, 5) is 12.8. The normalized spacial score (nSPS) is 14.8. The Balaban J connectivity index is 1.76. The van der Waals surface area contributed by atoms with Gasteiger partial charge in [-0.25, -0.2) is 8.42 Å². The molecule has 0 heterocycles. The number of nitrogens with zero attached hydrogens (tertiary/aromatic N) is 1. The molecule has 0 radical (unpaired) electrons. The van der Waals surface area contributed by atoms with Crippen LogP contribution in [0.3, 0.4) is 0 Å². The lowest BCUT2D eigenvalue weighted by Gasteiger charge is -2.33. The van der Waals surface area contributed by atoms with E-state index in [4.69, 9.17) is 9.47 Å². The summed E-state index contributed by atoms with van der Waals surface area (Å²) in [6, 6.07) is 14.2. The minimum atomic E-state index is -3.89. The molecular formula is C24H32N2O5S. The van der Waals surface area contributed by atoms with Gasteiger partial charge in [0.05, 0.1) is 25.7 Å². The number of amides is 1. The van der Waals surface area contributed by atoms with E-state index >= 15 is 0 Å². The zero-order valence-corrected chi connectivity index (χ0v) is 19.6. The van der Waals surface area contributed by atoms with Crippen molar-refractivity contribution < 1.29 is 22.7 Å². The minimum absolute atomic E-state index is 0.0952. The number of ether oxygens (including phenoxy) is 2. The number of carbonyl (C=O) groups is 1. The number of carbonyl (C=O) groups excluding carboxylic acids is 1. The Morgan fingerprint density at radius 1 is 1.00 bits per heavy atom. The molecule has 3 rings (SSSR count). The average Bonchev–Trinajstić information content (AvgIpc) is 2.83. The van der Waals surface area contributed by atoms with Crippen molar-refractivity contribution >= 4 is 15.9 Å². The van der Waals surface area contributed by atoms with E-state index in [1.165, 1.54) is 30.7 Å². The van der Waals surface area contributed by atoms with Gasteiger partial charge < -0.3 is 14.8 Å². The van der Waals surface area contributed by atoms with Crippen LogP contribution in [0.4, 0.5) is 0 Å². The Labute approximate surface area is 190 Å². The minimum Gasteiger partial charge on any atom is -0.493 e. The lowest BCUT2D eigenvalue weighted by molar-refractivity contribution is -0.121. The van der Waals surface area contributed by atoms with Crippen LogP contribution in [0.5, 0.6) is 11.5 Å². The number of sulfonamides is 1. The Morgan fingerprint density at radius 3 is 2.34 bits per heavy atom. The summed E-state index contributed by atoms with van der Waals surface area (Å²) in [6.07, 6.45) is 5.20. The van der Waals surface area contributed by atoms with E-state index in [1.807, 2.05) is 30.3 Å². The molecular weight excluding hydrogens is 428 g/mol. The zero-order valence-electron chi connectivity index (χ0n) is 18.7. The highest BCUT2D eigenvalue weighted by Crippen LogP contribution is 2.33. The van der Waals surface area contributed by atoms with Gasteiger partial charge in [0.2, 0.25) is 15.9 Å². The summed E-state index contributed by atoms with van der Waals surface area (Å²) < 4.78 is 39.0. The standard InChI is InChI=1S/C24H32N2O5S/c1-30-22-14-13-21(17-23(22)31-2)32(28,29)26(20-11-7-4-8-12-20)18-24(27)25-16-15-19-9-5-3-6-10-19/h3,5-6,9-10,13-14,17,20H,4,7-8,11-12,15-16,18H2,1-2H3,(H,25,27). The maximum absolute atomic E-state index is 13.6. The molecule has 0 spiro atoms. The maximum Gasteiger partial charge on any atom is 0.243 e. The molecule has 1 aliphatic rings. The highest BCUT2D eigenvalue weighted by molar-refractivity contribution is 7.89. The number of hydrogen-bond acceptors (Lipinski definition) is 5. The van der Waals surface area contributed by atoms with E-state index in [1.54, 1.807) is 6.07 Å². The molecule has 0 atom stereocenters. The van der Waals surface area contributed by atoms with Crippen LogP contribution in [-0.2, 0) is 21.2 Å². The maximum atomic E-state index is 13.6. The number of benzene rings is 2. The van der Waals surface area contributed by atoms with Gasteiger partial charge in [0, 0.05) is 18.7 Å². The number of nitrogens with one attached hydrogen (secondary N) is 1. The number of rotatable bonds is 10. The van der Waals surface area contributed by atoms with E-state index in [0.29, 0.717) is 24.5 Å². The molecule has 2 aromatic carbocycles. The van der Waals surface area contributed by atoms with E-state index in [0.717, 1.165) is 37.7 Å². The Hall–Kier alpha value is -2.58. The second-order valence-electron chi connectivity index (χ2n) is 7.94. The quantitative estimate of drug-likeness (QED) is 0.588. The van der Waals surface area contributed by atoms with Gasteiger partial charge in [-0.15, -0.1) is 0 Å². The van der Waals surface area contributed by atoms with E-state index in [9.17, 15) is 13.2 Å².